The summed E-state index contributed by atoms with van der Waals surface area (Å²) in [5.74, 6) is -1.19. The minimum absolute atomic E-state index is 0. The first-order chi connectivity index (χ1) is 15.8. The van der Waals surface area contributed by atoms with Crippen LogP contribution in [-0.4, -0.2) is 57.3 Å². The Hall–Kier alpha value is -2.52. The van der Waals surface area contributed by atoms with Gasteiger partial charge in [0.05, 0.1) is 5.69 Å². The van der Waals surface area contributed by atoms with Gasteiger partial charge in [-0.3, -0.25) is 4.79 Å². The monoisotopic (exact) mass is 524 g/mol. The standard InChI is InChI=1S/C25H32N4O4.2ClH/c1-4-19-22(27-24(31)21(23(19)30)25(32)33)16-5-6-20-17(11-16)12-18(29(20)3)14-26-13-15-7-9-28(2)10-8-15;;/h5-6,11-12,15,26H,4,7-10,13-14H2,1-3H3,(H,32,33)(H2,27,30,31);2*1H. The molecule has 0 spiro atoms. The molecule has 1 aromatic carbocycles. The number of nitrogens with one attached hydrogen (secondary N) is 2. The molecule has 1 fully saturated rings. The fourth-order valence-electron chi connectivity index (χ4n) is 4.82. The third-order valence-corrected chi connectivity index (χ3v) is 6.87. The van der Waals surface area contributed by atoms with Crippen LogP contribution in [0.25, 0.3) is 22.2 Å². The first-order valence-corrected chi connectivity index (χ1v) is 11.5. The van der Waals surface area contributed by atoms with Gasteiger partial charge in [-0.2, -0.15) is 0 Å². The molecule has 0 amide bonds. The molecule has 0 aliphatic carbocycles. The van der Waals surface area contributed by atoms with E-state index in [2.05, 4.69) is 32.9 Å². The molecule has 1 aliphatic rings. The highest BCUT2D eigenvalue weighted by Crippen LogP contribution is 2.32. The smallest absolute Gasteiger partial charge is 0.345 e. The van der Waals surface area contributed by atoms with Crippen LogP contribution in [0.4, 0.5) is 0 Å². The van der Waals surface area contributed by atoms with Gasteiger partial charge in [-0.1, -0.05) is 13.0 Å². The molecule has 192 valence electrons. The lowest BCUT2D eigenvalue weighted by Crippen LogP contribution is -2.34. The molecule has 4 rings (SSSR count). The molecule has 0 atom stereocenters. The Bertz CT molecular complexity index is 1250. The van der Waals surface area contributed by atoms with Crippen molar-refractivity contribution >= 4 is 41.7 Å². The summed E-state index contributed by atoms with van der Waals surface area (Å²) in [6, 6.07) is 7.99. The van der Waals surface area contributed by atoms with Crippen LogP contribution in [-0.2, 0) is 20.0 Å². The number of fused-ring (bicyclic) bond motifs is 1. The molecule has 2 aromatic heterocycles. The molecular weight excluding hydrogens is 491 g/mol. The Kier molecular flexibility index (Phi) is 9.80. The molecule has 0 radical (unpaired) electrons. The van der Waals surface area contributed by atoms with Gasteiger partial charge in [0.2, 0.25) is 0 Å². The van der Waals surface area contributed by atoms with Crippen LogP contribution in [0.5, 0.6) is 5.75 Å². The lowest BCUT2D eigenvalue weighted by atomic mass is 9.97. The van der Waals surface area contributed by atoms with Crippen molar-refractivity contribution in [1.29, 1.82) is 0 Å². The second-order valence-corrected chi connectivity index (χ2v) is 9.04. The van der Waals surface area contributed by atoms with Crippen molar-refractivity contribution in [2.24, 2.45) is 13.0 Å². The summed E-state index contributed by atoms with van der Waals surface area (Å²) < 4.78 is 2.16. The Morgan fingerprint density at radius 3 is 2.49 bits per heavy atom. The number of aromatic carboxylic acids is 1. The number of aromatic hydroxyl groups is 1. The number of nitrogens with zero attached hydrogens (tertiary/aromatic N) is 2. The van der Waals surface area contributed by atoms with Crippen molar-refractivity contribution in [1.82, 2.24) is 19.8 Å². The van der Waals surface area contributed by atoms with Crippen molar-refractivity contribution < 1.29 is 15.0 Å². The molecule has 10 heteroatoms. The number of benzene rings is 1. The van der Waals surface area contributed by atoms with Gasteiger partial charge < -0.3 is 30.0 Å². The van der Waals surface area contributed by atoms with Crippen molar-refractivity contribution in [2.45, 2.75) is 32.7 Å². The maximum atomic E-state index is 12.3. The highest BCUT2D eigenvalue weighted by molar-refractivity contribution is 5.92. The predicted molar refractivity (Wildman–Crippen MR) is 143 cm³/mol. The molecule has 1 saturated heterocycles. The predicted octanol–water partition coefficient (Wildman–Crippen LogP) is 3.77. The molecule has 8 nitrogen and oxygen atoms in total. The van der Waals surface area contributed by atoms with E-state index in [9.17, 15) is 19.8 Å². The number of pyridine rings is 1. The van der Waals surface area contributed by atoms with E-state index in [1.807, 2.05) is 32.2 Å². The number of likely N-dealkylation sites (tertiary alicyclic amines) is 1. The Balaban J connectivity index is 0.00000216. The fraction of sp³-hybridized carbons (Fsp3) is 0.440. The van der Waals surface area contributed by atoms with Crippen LogP contribution in [0.2, 0.25) is 0 Å². The van der Waals surface area contributed by atoms with E-state index < -0.39 is 22.8 Å². The van der Waals surface area contributed by atoms with E-state index in [1.165, 1.54) is 18.5 Å². The average molecular weight is 525 g/mol. The van der Waals surface area contributed by atoms with E-state index in [-0.39, 0.29) is 24.8 Å². The number of carboxylic acids is 1. The normalized spacial score (nSPS) is 14.5. The number of carbonyl (C=O) groups is 1. The van der Waals surface area contributed by atoms with Gasteiger partial charge in [0.25, 0.3) is 5.56 Å². The van der Waals surface area contributed by atoms with Crippen LogP contribution in [0.3, 0.4) is 0 Å². The second kappa shape index (κ2) is 11.9. The van der Waals surface area contributed by atoms with E-state index in [4.69, 9.17) is 0 Å². The number of hydrogen-bond donors (Lipinski definition) is 4. The highest BCUT2D eigenvalue weighted by Gasteiger charge is 2.22. The van der Waals surface area contributed by atoms with Crippen molar-refractivity contribution in [3.63, 3.8) is 0 Å². The third kappa shape index (κ3) is 5.83. The molecule has 3 aromatic rings. The van der Waals surface area contributed by atoms with Crippen LogP contribution in [0, 0.1) is 5.92 Å². The Morgan fingerprint density at radius 2 is 1.86 bits per heavy atom. The quantitative estimate of drug-likeness (QED) is 0.374. The Morgan fingerprint density at radius 1 is 1.17 bits per heavy atom. The Labute approximate surface area is 217 Å². The highest BCUT2D eigenvalue weighted by atomic mass is 35.5. The number of aryl methyl sites for hydroxylation is 1. The van der Waals surface area contributed by atoms with Gasteiger partial charge in [0.1, 0.15) is 5.75 Å². The first-order valence-electron chi connectivity index (χ1n) is 11.5. The van der Waals surface area contributed by atoms with E-state index in [0.29, 0.717) is 23.6 Å². The number of halogens is 2. The first kappa shape index (κ1) is 28.7. The van der Waals surface area contributed by atoms with Gasteiger partial charge in [0.15, 0.2) is 5.56 Å². The van der Waals surface area contributed by atoms with Gasteiger partial charge in [-0.15, -0.1) is 24.8 Å². The average Bonchev–Trinajstić information content (AvgIpc) is 3.09. The largest absolute Gasteiger partial charge is 0.506 e. The van der Waals surface area contributed by atoms with Gasteiger partial charge in [-0.25, -0.2) is 4.79 Å². The summed E-state index contributed by atoms with van der Waals surface area (Å²) >= 11 is 0. The molecule has 35 heavy (non-hydrogen) atoms. The summed E-state index contributed by atoms with van der Waals surface area (Å²) in [6.45, 7) is 5.93. The number of carboxylic acid groups (broad SMARTS) is 1. The lowest BCUT2D eigenvalue weighted by molar-refractivity contribution is 0.0691. The number of H-pyrrole nitrogens is 1. The summed E-state index contributed by atoms with van der Waals surface area (Å²) in [4.78, 5) is 28.8. The SMILES string of the molecule is CCc1c(-c2ccc3c(c2)cc(CNCC2CCN(C)CC2)n3C)[nH]c(=O)c(C(=O)O)c1O.Cl.Cl. The number of hydrogen-bond acceptors (Lipinski definition) is 5. The van der Waals surface area contributed by atoms with Crippen molar-refractivity contribution in [3.05, 3.63) is 51.4 Å². The molecule has 0 saturated carbocycles. The summed E-state index contributed by atoms with van der Waals surface area (Å²) in [5, 5.41) is 24.4. The van der Waals surface area contributed by atoms with Gasteiger partial charge >= 0.3 is 5.97 Å². The number of aromatic nitrogens is 2. The van der Waals surface area contributed by atoms with Gasteiger partial charge in [0, 0.05) is 35.8 Å². The molecule has 1 aliphatic heterocycles. The fourth-order valence-corrected chi connectivity index (χ4v) is 4.82. The van der Waals surface area contributed by atoms with Crippen LogP contribution in [0.15, 0.2) is 29.1 Å². The van der Waals surface area contributed by atoms with Gasteiger partial charge in [-0.05, 0) is 75.6 Å². The summed E-state index contributed by atoms with van der Waals surface area (Å²) in [5.41, 5.74) is 2.43. The summed E-state index contributed by atoms with van der Waals surface area (Å²) in [6.07, 6.45) is 2.85. The number of piperidine rings is 1. The van der Waals surface area contributed by atoms with E-state index >= 15 is 0 Å². The minimum Gasteiger partial charge on any atom is -0.506 e. The maximum absolute atomic E-state index is 12.3. The lowest BCUT2D eigenvalue weighted by Gasteiger charge is -2.29. The molecule has 0 bridgehead atoms. The molecular formula is C25H34Cl2N4O4. The third-order valence-electron chi connectivity index (χ3n) is 6.87. The van der Waals surface area contributed by atoms with Crippen LogP contribution >= 0.6 is 24.8 Å². The van der Waals surface area contributed by atoms with Crippen molar-refractivity contribution in [3.8, 4) is 17.0 Å². The van der Waals surface area contributed by atoms with Crippen LogP contribution in [0.1, 0.15) is 41.4 Å². The second-order valence-electron chi connectivity index (χ2n) is 9.04. The number of aromatic amines is 1. The van der Waals surface area contributed by atoms with Crippen molar-refractivity contribution in [2.75, 3.05) is 26.7 Å². The zero-order valence-electron chi connectivity index (χ0n) is 20.3. The summed E-state index contributed by atoms with van der Waals surface area (Å²) in [7, 11) is 4.22. The van der Waals surface area contributed by atoms with Crippen LogP contribution < -0.4 is 10.9 Å². The topological polar surface area (TPSA) is 111 Å². The van der Waals surface area contributed by atoms with E-state index in [0.717, 1.165) is 42.6 Å². The zero-order valence-corrected chi connectivity index (χ0v) is 21.9. The molecule has 4 N–H and O–H groups in total. The maximum Gasteiger partial charge on any atom is 0.345 e. The minimum atomic E-state index is -1.44. The molecule has 3 heterocycles. The van der Waals surface area contributed by atoms with E-state index in [1.54, 1.807) is 0 Å². The zero-order chi connectivity index (χ0) is 23.7. The molecule has 0 unspecified atom stereocenters. The number of rotatable bonds is 7.